The highest BCUT2D eigenvalue weighted by atomic mass is 32.1. The fourth-order valence-corrected chi connectivity index (χ4v) is 3.01. The minimum Gasteiger partial charge on any atom is -0.384 e. The minimum absolute atomic E-state index is 0.255. The maximum absolute atomic E-state index is 13.2. The summed E-state index contributed by atoms with van der Waals surface area (Å²) in [6, 6.07) is 10.5. The van der Waals surface area contributed by atoms with Crippen LogP contribution in [0.3, 0.4) is 0 Å². The van der Waals surface area contributed by atoms with Crippen LogP contribution in [0, 0.1) is 5.82 Å². The van der Waals surface area contributed by atoms with Crippen molar-refractivity contribution in [2.45, 2.75) is 19.5 Å². The van der Waals surface area contributed by atoms with Crippen molar-refractivity contribution < 1.29 is 13.7 Å². The molecular weight excluding hydrogens is 329 g/mol. The molecule has 126 valence electrons. The van der Waals surface area contributed by atoms with Crippen LogP contribution in [0.4, 0.5) is 10.1 Å². The Labute approximate surface area is 143 Å². The topological polar surface area (TPSA) is 51.4 Å². The van der Waals surface area contributed by atoms with E-state index in [9.17, 15) is 4.39 Å². The van der Waals surface area contributed by atoms with Crippen molar-refractivity contribution in [3.63, 3.8) is 0 Å². The molecule has 0 amide bonds. The van der Waals surface area contributed by atoms with Gasteiger partial charge in [0.25, 0.3) is 0 Å². The fourth-order valence-electron chi connectivity index (χ4n) is 2.29. The lowest BCUT2D eigenvalue weighted by Crippen LogP contribution is -2.21. The summed E-state index contributed by atoms with van der Waals surface area (Å²) >= 11 is 1.68. The summed E-state index contributed by atoms with van der Waals surface area (Å²) < 4.78 is 23.6. The van der Waals surface area contributed by atoms with E-state index in [1.807, 2.05) is 11.4 Å². The van der Waals surface area contributed by atoms with Gasteiger partial charge >= 0.3 is 0 Å². The van der Waals surface area contributed by atoms with Crippen molar-refractivity contribution in [3.05, 3.63) is 64.2 Å². The number of methoxy groups -OCH3 is 1. The van der Waals surface area contributed by atoms with Crippen molar-refractivity contribution in [2.75, 3.05) is 18.6 Å². The first kappa shape index (κ1) is 16.6. The summed E-state index contributed by atoms with van der Waals surface area (Å²) in [6.45, 7) is 1.71. The Kier molecular flexibility index (Phi) is 5.55. The summed E-state index contributed by atoms with van der Waals surface area (Å²) in [7, 11) is 1.64. The predicted molar refractivity (Wildman–Crippen MR) is 90.5 cm³/mol. The molecule has 0 fully saturated rings. The van der Waals surface area contributed by atoms with E-state index in [-0.39, 0.29) is 5.82 Å². The van der Waals surface area contributed by atoms with Crippen molar-refractivity contribution in [1.82, 2.24) is 10.1 Å². The second-order valence-electron chi connectivity index (χ2n) is 5.26. The standard InChI is InChI=1S/C17H18FN3O2S/c1-22-9-8-16-19-17(23-20-16)12-21(11-15-3-2-10-24-15)14-6-4-13(18)5-7-14/h2-7,10H,8-9,11-12H2,1H3. The van der Waals surface area contributed by atoms with Crippen LogP contribution in [-0.2, 0) is 24.2 Å². The molecule has 1 aromatic carbocycles. The summed E-state index contributed by atoms with van der Waals surface area (Å²) in [4.78, 5) is 7.68. The van der Waals surface area contributed by atoms with Crippen LogP contribution in [0.5, 0.6) is 0 Å². The number of nitrogens with zero attached hydrogens (tertiary/aromatic N) is 3. The highest BCUT2D eigenvalue weighted by molar-refractivity contribution is 7.09. The van der Waals surface area contributed by atoms with Crippen LogP contribution < -0.4 is 4.90 Å². The molecule has 24 heavy (non-hydrogen) atoms. The normalized spacial score (nSPS) is 10.9. The van der Waals surface area contributed by atoms with Gasteiger partial charge in [0.1, 0.15) is 5.82 Å². The molecule has 0 saturated heterocycles. The van der Waals surface area contributed by atoms with Crippen LogP contribution >= 0.6 is 11.3 Å². The van der Waals surface area contributed by atoms with E-state index in [1.54, 1.807) is 30.6 Å². The Morgan fingerprint density at radius 3 is 2.75 bits per heavy atom. The Morgan fingerprint density at radius 1 is 1.21 bits per heavy atom. The van der Waals surface area contributed by atoms with Gasteiger partial charge in [-0.2, -0.15) is 4.98 Å². The Balaban J connectivity index is 1.76. The minimum atomic E-state index is -0.255. The molecule has 7 heteroatoms. The smallest absolute Gasteiger partial charge is 0.246 e. The molecular formula is C17H18FN3O2S. The SMILES string of the molecule is COCCc1noc(CN(Cc2cccs2)c2ccc(F)cc2)n1. The van der Waals surface area contributed by atoms with Crippen LogP contribution in [0.1, 0.15) is 16.6 Å². The lowest BCUT2D eigenvalue weighted by molar-refractivity contribution is 0.199. The van der Waals surface area contributed by atoms with Crippen molar-refractivity contribution >= 4 is 17.0 Å². The Morgan fingerprint density at radius 2 is 2.04 bits per heavy atom. The number of benzene rings is 1. The average Bonchev–Trinajstić information content (AvgIpc) is 3.25. The van der Waals surface area contributed by atoms with E-state index in [1.165, 1.54) is 17.0 Å². The number of thiophene rings is 1. The maximum atomic E-state index is 13.2. The summed E-state index contributed by atoms with van der Waals surface area (Å²) in [5, 5.41) is 6.00. The first-order chi connectivity index (χ1) is 11.7. The largest absolute Gasteiger partial charge is 0.384 e. The van der Waals surface area contributed by atoms with Gasteiger partial charge in [0, 0.05) is 24.1 Å². The van der Waals surface area contributed by atoms with Crippen LogP contribution in [0.2, 0.25) is 0 Å². The van der Waals surface area contributed by atoms with Gasteiger partial charge in [0.2, 0.25) is 5.89 Å². The quantitative estimate of drug-likeness (QED) is 0.622. The molecule has 0 radical (unpaired) electrons. The molecule has 0 aliphatic carbocycles. The van der Waals surface area contributed by atoms with Gasteiger partial charge in [-0.15, -0.1) is 11.3 Å². The molecule has 0 spiro atoms. The van der Waals surface area contributed by atoms with E-state index in [0.717, 1.165) is 5.69 Å². The highest BCUT2D eigenvalue weighted by Crippen LogP contribution is 2.22. The van der Waals surface area contributed by atoms with Gasteiger partial charge in [-0.25, -0.2) is 4.39 Å². The number of halogens is 1. The molecule has 2 heterocycles. The van der Waals surface area contributed by atoms with E-state index in [2.05, 4.69) is 21.1 Å². The third-order valence-corrected chi connectivity index (χ3v) is 4.35. The van der Waals surface area contributed by atoms with Gasteiger partial charge in [-0.3, -0.25) is 0 Å². The highest BCUT2D eigenvalue weighted by Gasteiger charge is 2.14. The monoisotopic (exact) mass is 347 g/mol. The molecule has 5 nitrogen and oxygen atoms in total. The van der Waals surface area contributed by atoms with Crippen molar-refractivity contribution in [2.24, 2.45) is 0 Å². The van der Waals surface area contributed by atoms with Gasteiger partial charge in [-0.1, -0.05) is 11.2 Å². The summed E-state index contributed by atoms with van der Waals surface area (Å²) in [6.07, 6.45) is 0.613. The fraction of sp³-hybridized carbons (Fsp3) is 0.294. The Bertz CT molecular complexity index is 744. The summed E-state index contributed by atoms with van der Waals surface area (Å²) in [5.74, 6) is 0.901. The molecule has 0 bridgehead atoms. The third kappa shape index (κ3) is 4.39. The van der Waals surface area contributed by atoms with E-state index >= 15 is 0 Å². The molecule has 2 aromatic heterocycles. The predicted octanol–water partition coefficient (Wildman–Crippen LogP) is 3.67. The number of hydrogen-bond donors (Lipinski definition) is 0. The first-order valence-electron chi connectivity index (χ1n) is 7.58. The third-order valence-electron chi connectivity index (χ3n) is 3.48. The van der Waals surface area contributed by atoms with Crippen molar-refractivity contribution in [3.8, 4) is 0 Å². The Hall–Kier alpha value is -2.25. The number of anilines is 1. The number of ether oxygens (including phenoxy) is 1. The van der Waals surface area contributed by atoms with Gasteiger partial charge < -0.3 is 14.2 Å². The maximum Gasteiger partial charge on any atom is 0.246 e. The molecule has 0 aliphatic heterocycles. The van der Waals surface area contributed by atoms with Gasteiger partial charge in [0.15, 0.2) is 5.82 Å². The molecule has 0 unspecified atom stereocenters. The lowest BCUT2D eigenvalue weighted by atomic mass is 10.2. The van der Waals surface area contributed by atoms with Crippen LogP contribution in [0.15, 0.2) is 46.3 Å². The zero-order valence-corrected chi connectivity index (χ0v) is 14.1. The first-order valence-corrected chi connectivity index (χ1v) is 8.46. The molecule has 3 rings (SSSR count). The average molecular weight is 347 g/mol. The summed E-state index contributed by atoms with van der Waals surface area (Å²) in [5.41, 5.74) is 0.904. The van der Waals surface area contributed by atoms with Crippen LogP contribution in [-0.4, -0.2) is 23.9 Å². The van der Waals surface area contributed by atoms with Crippen molar-refractivity contribution in [1.29, 1.82) is 0 Å². The molecule has 0 atom stereocenters. The number of rotatable bonds is 8. The van der Waals surface area contributed by atoms with E-state index in [4.69, 9.17) is 9.26 Å². The zero-order chi connectivity index (χ0) is 16.8. The lowest BCUT2D eigenvalue weighted by Gasteiger charge is -2.22. The van der Waals surface area contributed by atoms with Gasteiger partial charge in [-0.05, 0) is 35.7 Å². The molecule has 0 saturated carbocycles. The second kappa shape index (κ2) is 8.03. The number of aromatic nitrogens is 2. The van der Waals surface area contributed by atoms with E-state index < -0.39 is 0 Å². The molecule has 3 aromatic rings. The van der Waals surface area contributed by atoms with Crippen LogP contribution in [0.25, 0.3) is 0 Å². The molecule has 0 N–H and O–H groups in total. The number of hydrogen-bond acceptors (Lipinski definition) is 6. The van der Waals surface area contributed by atoms with Gasteiger partial charge in [0.05, 0.1) is 19.7 Å². The zero-order valence-electron chi connectivity index (χ0n) is 13.3. The molecule has 0 aliphatic rings. The van der Waals surface area contributed by atoms with E-state index in [0.29, 0.717) is 37.8 Å². The second-order valence-corrected chi connectivity index (χ2v) is 6.29.